The molecule has 0 aromatic carbocycles. The van der Waals surface area contributed by atoms with E-state index in [0.29, 0.717) is 25.1 Å². The van der Waals surface area contributed by atoms with Gasteiger partial charge in [0.1, 0.15) is 18.1 Å². The van der Waals surface area contributed by atoms with Crippen molar-refractivity contribution < 1.29 is 29.1 Å². The molecule has 11 N–H and O–H groups in total. The van der Waals surface area contributed by atoms with Crippen LogP contribution in [0.1, 0.15) is 51.6 Å². The first-order chi connectivity index (χ1) is 16.9. The molecule has 1 aromatic rings. The number of aromatic amines is 1. The third-order valence-electron chi connectivity index (χ3n) is 5.27. The van der Waals surface area contributed by atoms with Gasteiger partial charge in [0.05, 0.1) is 18.8 Å². The summed E-state index contributed by atoms with van der Waals surface area (Å²) in [6.45, 7) is 4.00. The number of carboxylic acid groups (broad SMARTS) is 1. The number of carboxylic acids is 1. The fourth-order valence-electron chi connectivity index (χ4n) is 3.41. The molecule has 202 valence electrons. The third kappa shape index (κ3) is 11.3. The molecule has 1 heterocycles. The van der Waals surface area contributed by atoms with Crippen LogP contribution < -0.4 is 33.2 Å². The molecule has 0 spiro atoms. The number of imidazole rings is 1. The van der Waals surface area contributed by atoms with Gasteiger partial charge in [0.25, 0.3) is 0 Å². The van der Waals surface area contributed by atoms with Crippen LogP contribution in [-0.4, -0.2) is 75.4 Å². The molecular weight excluding hydrogens is 472 g/mol. The number of unbranched alkanes of at least 4 members (excludes halogenated alkanes) is 1. The molecular formula is C22H38N8O6. The van der Waals surface area contributed by atoms with E-state index in [1.807, 2.05) is 13.8 Å². The van der Waals surface area contributed by atoms with E-state index in [1.54, 1.807) is 0 Å². The number of nitrogens with zero attached hydrogens (tertiary/aromatic N) is 1. The van der Waals surface area contributed by atoms with Crippen LogP contribution in [0.4, 0.5) is 0 Å². The highest BCUT2D eigenvalue weighted by atomic mass is 16.4. The standard InChI is InChI=1S/C22H38N8O6/c1-12(2)7-17(22(35)36)30-20(33)15(5-3-4-6-23)28-21(34)16(9-18(25)31)29-19(32)14(24)8-13-10-26-11-27-13/h10-12,14-17H,3-9,23-24H2,1-2H3,(H2,25,31)(H,26,27)(H,28,34)(H,29,32)(H,30,33)(H,35,36). The van der Waals surface area contributed by atoms with E-state index in [4.69, 9.17) is 17.2 Å². The fourth-order valence-corrected chi connectivity index (χ4v) is 3.41. The molecule has 14 heteroatoms. The van der Waals surface area contributed by atoms with Crippen molar-refractivity contribution in [2.75, 3.05) is 6.54 Å². The molecule has 0 aliphatic rings. The molecule has 1 aromatic heterocycles. The Morgan fingerprint density at radius 1 is 1.00 bits per heavy atom. The van der Waals surface area contributed by atoms with Gasteiger partial charge in [-0.25, -0.2) is 9.78 Å². The Hall–Kier alpha value is -3.52. The summed E-state index contributed by atoms with van der Waals surface area (Å²) in [6, 6.07) is -4.71. The van der Waals surface area contributed by atoms with Crippen molar-refractivity contribution in [3.63, 3.8) is 0 Å². The molecule has 4 atom stereocenters. The van der Waals surface area contributed by atoms with Gasteiger partial charge in [-0.1, -0.05) is 13.8 Å². The van der Waals surface area contributed by atoms with Gasteiger partial charge in [-0.15, -0.1) is 0 Å². The quantitative estimate of drug-likeness (QED) is 0.106. The summed E-state index contributed by atoms with van der Waals surface area (Å²) in [5.74, 6) is -4.30. The Labute approximate surface area is 209 Å². The van der Waals surface area contributed by atoms with E-state index in [0.717, 1.165) is 0 Å². The molecule has 0 radical (unpaired) electrons. The molecule has 4 unspecified atom stereocenters. The highest BCUT2D eigenvalue weighted by Gasteiger charge is 2.31. The smallest absolute Gasteiger partial charge is 0.326 e. The Balaban J connectivity index is 2.95. The maximum Gasteiger partial charge on any atom is 0.326 e. The highest BCUT2D eigenvalue weighted by molar-refractivity contribution is 5.96. The van der Waals surface area contributed by atoms with Crippen molar-refractivity contribution in [1.82, 2.24) is 25.9 Å². The van der Waals surface area contributed by atoms with Crippen LogP contribution in [0.3, 0.4) is 0 Å². The number of aromatic nitrogens is 2. The minimum absolute atomic E-state index is 0.00203. The molecule has 1 rings (SSSR count). The van der Waals surface area contributed by atoms with Crippen molar-refractivity contribution in [2.45, 2.75) is 76.5 Å². The summed E-state index contributed by atoms with van der Waals surface area (Å²) in [5.41, 5.74) is 17.3. The lowest BCUT2D eigenvalue weighted by molar-refractivity contribution is -0.143. The van der Waals surface area contributed by atoms with E-state index >= 15 is 0 Å². The van der Waals surface area contributed by atoms with Crippen LogP contribution in [0.2, 0.25) is 0 Å². The first kappa shape index (κ1) is 30.5. The summed E-state index contributed by atoms with van der Waals surface area (Å²) in [5, 5.41) is 16.8. The monoisotopic (exact) mass is 510 g/mol. The van der Waals surface area contributed by atoms with Crippen LogP contribution in [0.5, 0.6) is 0 Å². The van der Waals surface area contributed by atoms with E-state index < -0.39 is 60.2 Å². The number of rotatable bonds is 17. The summed E-state index contributed by atoms with van der Waals surface area (Å²) < 4.78 is 0. The number of nitrogens with two attached hydrogens (primary N) is 3. The lowest BCUT2D eigenvalue weighted by atomic mass is 10.0. The van der Waals surface area contributed by atoms with E-state index in [-0.39, 0.29) is 25.2 Å². The molecule has 0 aliphatic carbocycles. The maximum atomic E-state index is 13.0. The minimum atomic E-state index is -1.39. The van der Waals surface area contributed by atoms with E-state index in [1.165, 1.54) is 12.5 Å². The molecule has 0 saturated heterocycles. The van der Waals surface area contributed by atoms with Crippen LogP contribution in [0.25, 0.3) is 0 Å². The number of carbonyl (C=O) groups excluding carboxylic acids is 4. The van der Waals surface area contributed by atoms with Gasteiger partial charge in [-0.2, -0.15) is 0 Å². The first-order valence-corrected chi connectivity index (χ1v) is 11.8. The number of aliphatic carboxylic acids is 1. The van der Waals surface area contributed by atoms with E-state index in [2.05, 4.69) is 25.9 Å². The van der Waals surface area contributed by atoms with Crippen molar-refractivity contribution in [1.29, 1.82) is 0 Å². The third-order valence-corrected chi connectivity index (χ3v) is 5.27. The Morgan fingerprint density at radius 2 is 1.61 bits per heavy atom. The fraction of sp³-hybridized carbons (Fsp3) is 0.636. The maximum absolute atomic E-state index is 13.0. The summed E-state index contributed by atoms with van der Waals surface area (Å²) in [6.07, 6.45) is 3.89. The molecule has 0 fully saturated rings. The van der Waals surface area contributed by atoms with Crippen molar-refractivity contribution in [3.05, 3.63) is 18.2 Å². The largest absolute Gasteiger partial charge is 0.480 e. The SMILES string of the molecule is CC(C)CC(NC(=O)C(CCCCN)NC(=O)C(CC(N)=O)NC(=O)C(N)Cc1cnc[nH]1)C(=O)O. The van der Waals surface area contributed by atoms with Crippen LogP contribution in [0, 0.1) is 5.92 Å². The lowest BCUT2D eigenvalue weighted by Crippen LogP contribution is -2.58. The molecule has 4 amide bonds. The van der Waals surface area contributed by atoms with Crippen molar-refractivity contribution >= 4 is 29.6 Å². The zero-order valence-electron chi connectivity index (χ0n) is 20.7. The summed E-state index contributed by atoms with van der Waals surface area (Å²) in [4.78, 5) is 68.2. The van der Waals surface area contributed by atoms with Crippen molar-refractivity contribution in [3.8, 4) is 0 Å². The number of primary amides is 1. The number of H-pyrrole nitrogens is 1. The summed E-state index contributed by atoms with van der Waals surface area (Å²) >= 11 is 0. The van der Waals surface area contributed by atoms with E-state index in [9.17, 15) is 29.1 Å². The number of hydrogen-bond acceptors (Lipinski definition) is 8. The number of hydrogen-bond donors (Lipinski definition) is 8. The molecule has 36 heavy (non-hydrogen) atoms. The van der Waals surface area contributed by atoms with Crippen LogP contribution in [-0.2, 0) is 30.4 Å². The molecule has 0 bridgehead atoms. The van der Waals surface area contributed by atoms with Gasteiger partial charge in [-0.05, 0) is 38.1 Å². The number of nitrogens with one attached hydrogen (secondary N) is 4. The van der Waals surface area contributed by atoms with Crippen LogP contribution >= 0.6 is 0 Å². The number of amides is 4. The van der Waals surface area contributed by atoms with Gasteiger partial charge in [0, 0.05) is 18.3 Å². The van der Waals surface area contributed by atoms with Gasteiger partial charge in [-0.3, -0.25) is 19.2 Å². The van der Waals surface area contributed by atoms with Gasteiger partial charge < -0.3 is 43.2 Å². The van der Waals surface area contributed by atoms with Gasteiger partial charge in [0.2, 0.25) is 23.6 Å². The highest BCUT2D eigenvalue weighted by Crippen LogP contribution is 2.08. The van der Waals surface area contributed by atoms with Crippen molar-refractivity contribution in [2.24, 2.45) is 23.1 Å². The van der Waals surface area contributed by atoms with Gasteiger partial charge >= 0.3 is 5.97 Å². The Morgan fingerprint density at radius 3 is 2.14 bits per heavy atom. The zero-order valence-corrected chi connectivity index (χ0v) is 20.7. The Bertz CT molecular complexity index is 876. The number of carbonyl (C=O) groups is 5. The Kier molecular flexibility index (Phi) is 13.1. The van der Waals surface area contributed by atoms with Crippen LogP contribution in [0.15, 0.2) is 12.5 Å². The second-order valence-electron chi connectivity index (χ2n) is 8.99. The lowest BCUT2D eigenvalue weighted by Gasteiger charge is -2.25. The minimum Gasteiger partial charge on any atom is -0.480 e. The first-order valence-electron chi connectivity index (χ1n) is 11.8. The second kappa shape index (κ2) is 15.5. The normalized spacial score (nSPS) is 14.4. The predicted octanol–water partition coefficient (Wildman–Crippen LogP) is -2.13. The average Bonchev–Trinajstić information content (AvgIpc) is 3.29. The average molecular weight is 511 g/mol. The molecule has 0 aliphatic heterocycles. The zero-order chi connectivity index (χ0) is 27.3. The topological polar surface area (TPSA) is 248 Å². The molecule has 14 nitrogen and oxygen atoms in total. The predicted molar refractivity (Wildman–Crippen MR) is 130 cm³/mol. The molecule has 0 saturated carbocycles. The second-order valence-corrected chi connectivity index (χ2v) is 8.99. The van der Waals surface area contributed by atoms with Gasteiger partial charge in [0.15, 0.2) is 0 Å². The summed E-state index contributed by atoms with van der Waals surface area (Å²) in [7, 11) is 0.